The molecule has 1 amide bonds. The predicted molar refractivity (Wildman–Crippen MR) is 121 cm³/mol. The van der Waals surface area contributed by atoms with Gasteiger partial charge in [-0.05, 0) is 31.0 Å². The molecule has 0 radical (unpaired) electrons. The lowest BCUT2D eigenvalue weighted by Crippen LogP contribution is -2.51. The van der Waals surface area contributed by atoms with E-state index in [1.54, 1.807) is 4.90 Å². The molecule has 0 unspecified atom stereocenters. The molecular weight excluding hydrogens is 427 g/mol. The van der Waals surface area contributed by atoms with Crippen LogP contribution in [0.3, 0.4) is 0 Å². The Morgan fingerprint density at radius 2 is 2.03 bits per heavy atom. The first-order valence-corrected chi connectivity index (χ1v) is 10.3. The lowest BCUT2D eigenvalue weighted by Gasteiger charge is -2.32. The molecule has 3 rings (SSSR count). The van der Waals surface area contributed by atoms with Crippen LogP contribution in [-0.2, 0) is 11.3 Å². The smallest absolute Gasteiger partial charge is 0.242 e. The van der Waals surface area contributed by atoms with Crippen LogP contribution in [0.4, 0.5) is 5.82 Å². The number of aryl methyl sites for hydroxylation is 1. The Kier molecular flexibility index (Phi) is 8.97. The Balaban J connectivity index is 0.00000320. The van der Waals surface area contributed by atoms with E-state index in [9.17, 15) is 4.79 Å². The highest BCUT2D eigenvalue weighted by molar-refractivity contribution is 6.30. The summed E-state index contributed by atoms with van der Waals surface area (Å²) in [4.78, 5) is 16.2. The Morgan fingerprint density at radius 3 is 2.70 bits per heavy atom. The monoisotopic (exact) mass is 456 g/mol. The first kappa shape index (κ1) is 24.5. The van der Waals surface area contributed by atoms with Crippen LogP contribution >= 0.6 is 24.0 Å². The van der Waals surface area contributed by atoms with E-state index in [4.69, 9.17) is 21.4 Å². The number of benzene rings is 1. The van der Waals surface area contributed by atoms with Crippen molar-refractivity contribution in [2.45, 2.75) is 27.3 Å². The van der Waals surface area contributed by atoms with Gasteiger partial charge in [-0.1, -0.05) is 25.4 Å². The van der Waals surface area contributed by atoms with Gasteiger partial charge < -0.3 is 9.84 Å². The molecular formula is C21H30Cl2N4O3. The van der Waals surface area contributed by atoms with Gasteiger partial charge in [0.05, 0.1) is 26.3 Å². The fourth-order valence-corrected chi connectivity index (χ4v) is 3.51. The van der Waals surface area contributed by atoms with Gasteiger partial charge in [0.1, 0.15) is 5.75 Å². The van der Waals surface area contributed by atoms with Crippen molar-refractivity contribution in [3.63, 3.8) is 0 Å². The van der Waals surface area contributed by atoms with Crippen molar-refractivity contribution in [3.8, 4) is 5.75 Å². The molecule has 1 aromatic carbocycles. The molecule has 2 aromatic rings. The van der Waals surface area contributed by atoms with Gasteiger partial charge in [-0.15, -0.1) is 12.4 Å². The molecule has 2 heterocycles. The standard InChI is InChI=1S/C21H29ClN4O3.ClH/c1-15(2)14-29-19-5-4-18(22)11-17(19)12-26-16(3)10-20(23-26)25-7-6-24(8-9-27)13-21(25)28;/h4-5,10-11,15,27H,6-9,12-14H2,1-3H3;1H. The van der Waals surface area contributed by atoms with Gasteiger partial charge in [-0.2, -0.15) is 5.10 Å². The van der Waals surface area contributed by atoms with Crippen LogP contribution in [0.2, 0.25) is 5.02 Å². The van der Waals surface area contributed by atoms with Crippen LogP contribution in [0, 0.1) is 12.8 Å². The molecule has 9 heteroatoms. The molecule has 1 fully saturated rings. The quantitative estimate of drug-likeness (QED) is 0.660. The molecule has 7 nitrogen and oxygen atoms in total. The average molecular weight is 457 g/mol. The fraction of sp³-hybridized carbons (Fsp3) is 0.524. The van der Waals surface area contributed by atoms with Crippen molar-refractivity contribution in [1.29, 1.82) is 0 Å². The molecule has 0 bridgehead atoms. The molecule has 166 valence electrons. The summed E-state index contributed by atoms with van der Waals surface area (Å²) >= 11 is 6.21. The summed E-state index contributed by atoms with van der Waals surface area (Å²) in [5.41, 5.74) is 1.91. The number of hydrogen-bond acceptors (Lipinski definition) is 5. The maximum absolute atomic E-state index is 12.5. The van der Waals surface area contributed by atoms with Crippen molar-refractivity contribution in [2.75, 3.05) is 44.3 Å². The number of anilines is 1. The van der Waals surface area contributed by atoms with Crippen molar-refractivity contribution < 1.29 is 14.6 Å². The van der Waals surface area contributed by atoms with E-state index < -0.39 is 0 Å². The molecule has 0 spiro atoms. The minimum Gasteiger partial charge on any atom is -0.493 e. The van der Waals surface area contributed by atoms with Crippen molar-refractivity contribution in [3.05, 3.63) is 40.5 Å². The first-order valence-electron chi connectivity index (χ1n) is 9.96. The Bertz CT molecular complexity index is 857. The summed E-state index contributed by atoms with van der Waals surface area (Å²) in [6, 6.07) is 7.55. The van der Waals surface area contributed by atoms with E-state index in [1.165, 1.54) is 0 Å². The zero-order valence-corrected chi connectivity index (χ0v) is 19.2. The Labute approximate surface area is 189 Å². The molecule has 1 aromatic heterocycles. The lowest BCUT2D eigenvalue weighted by molar-refractivity contribution is -0.121. The van der Waals surface area contributed by atoms with Crippen molar-refractivity contribution in [1.82, 2.24) is 14.7 Å². The van der Waals surface area contributed by atoms with Crippen LogP contribution in [0.5, 0.6) is 5.75 Å². The number of ether oxygens (including phenoxy) is 1. The topological polar surface area (TPSA) is 70.8 Å². The van der Waals surface area contributed by atoms with E-state index in [0.717, 1.165) is 23.6 Å². The Morgan fingerprint density at radius 1 is 1.27 bits per heavy atom. The molecule has 0 saturated carbocycles. The number of aliphatic hydroxyl groups is 1. The molecule has 1 N–H and O–H groups in total. The number of β-amino-alcohol motifs (C(OH)–C–C–N with tert-alkyl or cyclic N) is 1. The van der Waals surface area contributed by atoms with E-state index in [-0.39, 0.29) is 24.9 Å². The molecule has 1 saturated heterocycles. The third kappa shape index (κ3) is 6.11. The average Bonchev–Trinajstić information content (AvgIpc) is 3.01. The minimum atomic E-state index is -0.00180. The summed E-state index contributed by atoms with van der Waals surface area (Å²) < 4.78 is 7.82. The van der Waals surface area contributed by atoms with Crippen LogP contribution in [-0.4, -0.2) is 65.1 Å². The summed E-state index contributed by atoms with van der Waals surface area (Å²) in [5.74, 6) is 1.88. The van der Waals surface area contributed by atoms with E-state index >= 15 is 0 Å². The Hall–Kier alpha value is -1.80. The fourth-order valence-electron chi connectivity index (χ4n) is 3.31. The van der Waals surface area contributed by atoms with Crippen molar-refractivity contribution >= 4 is 35.7 Å². The maximum Gasteiger partial charge on any atom is 0.242 e. The third-order valence-corrected chi connectivity index (χ3v) is 5.11. The summed E-state index contributed by atoms with van der Waals surface area (Å²) in [7, 11) is 0. The zero-order valence-electron chi connectivity index (χ0n) is 17.7. The second kappa shape index (κ2) is 11.0. The van der Waals surface area contributed by atoms with Gasteiger partial charge in [0, 0.05) is 42.0 Å². The highest BCUT2D eigenvalue weighted by Crippen LogP contribution is 2.26. The zero-order chi connectivity index (χ0) is 21.0. The number of hydrogen-bond donors (Lipinski definition) is 1. The van der Waals surface area contributed by atoms with E-state index in [0.29, 0.717) is 49.5 Å². The second-order valence-electron chi connectivity index (χ2n) is 7.80. The number of halogens is 2. The highest BCUT2D eigenvalue weighted by atomic mass is 35.5. The SMILES string of the molecule is Cc1cc(N2CCN(CCO)CC2=O)nn1Cc1cc(Cl)ccc1OCC(C)C.Cl. The van der Waals surface area contributed by atoms with E-state index in [2.05, 4.69) is 18.9 Å². The number of carbonyl (C=O) groups is 1. The largest absolute Gasteiger partial charge is 0.493 e. The molecule has 1 aliphatic heterocycles. The summed E-state index contributed by atoms with van der Waals surface area (Å²) in [5, 5.41) is 14.4. The molecule has 0 aliphatic carbocycles. The molecule has 30 heavy (non-hydrogen) atoms. The predicted octanol–water partition coefficient (Wildman–Crippen LogP) is 2.99. The van der Waals surface area contributed by atoms with Gasteiger partial charge >= 0.3 is 0 Å². The summed E-state index contributed by atoms with van der Waals surface area (Å²) in [6.07, 6.45) is 0. The third-order valence-electron chi connectivity index (χ3n) is 4.88. The van der Waals surface area contributed by atoms with Crippen LogP contribution < -0.4 is 9.64 Å². The van der Waals surface area contributed by atoms with Gasteiger partial charge in [0.15, 0.2) is 5.82 Å². The number of rotatable bonds is 8. The van der Waals surface area contributed by atoms with Gasteiger partial charge in [0.25, 0.3) is 0 Å². The van der Waals surface area contributed by atoms with Crippen LogP contribution in [0.1, 0.15) is 25.1 Å². The number of amides is 1. The number of aromatic nitrogens is 2. The number of nitrogens with zero attached hydrogens (tertiary/aromatic N) is 4. The van der Waals surface area contributed by atoms with Gasteiger partial charge in [0.2, 0.25) is 5.91 Å². The maximum atomic E-state index is 12.5. The number of carbonyl (C=O) groups excluding carboxylic acids is 1. The minimum absolute atomic E-state index is 0. The number of piperazine rings is 1. The van der Waals surface area contributed by atoms with E-state index in [1.807, 2.05) is 40.8 Å². The second-order valence-corrected chi connectivity index (χ2v) is 8.24. The van der Waals surface area contributed by atoms with Crippen LogP contribution in [0.25, 0.3) is 0 Å². The van der Waals surface area contributed by atoms with Gasteiger partial charge in [-0.25, -0.2) is 0 Å². The molecule has 0 atom stereocenters. The normalized spacial score (nSPS) is 14.9. The highest BCUT2D eigenvalue weighted by Gasteiger charge is 2.26. The van der Waals surface area contributed by atoms with Crippen LogP contribution in [0.15, 0.2) is 24.3 Å². The summed E-state index contributed by atoms with van der Waals surface area (Å²) in [6.45, 7) is 9.49. The lowest BCUT2D eigenvalue weighted by atomic mass is 10.2. The molecule has 1 aliphatic rings. The van der Waals surface area contributed by atoms with Crippen molar-refractivity contribution in [2.24, 2.45) is 5.92 Å². The first-order chi connectivity index (χ1) is 13.9. The number of aliphatic hydroxyl groups excluding tert-OH is 1. The van der Waals surface area contributed by atoms with Gasteiger partial charge in [-0.3, -0.25) is 19.3 Å².